The Bertz CT molecular complexity index is 1420. The van der Waals surface area contributed by atoms with Crippen molar-refractivity contribution in [3.05, 3.63) is 130 Å². The van der Waals surface area contributed by atoms with Crippen molar-refractivity contribution < 1.29 is 14.6 Å². The highest BCUT2D eigenvalue weighted by atomic mass is 16.5. The lowest BCUT2D eigenvalue weighted by Crippen LogP contribution is -2.52. The van der Waals surface area contributed by atoms with Gasteiger partial charge >= 0.3 is 0 Å². The molecule has 206 valence electrons. The van der Waals surface area contributed by atoms with Gasteiger partial charge in [0.1, 0.15) is 18.6 Å². The van der Waals surface area contributed by atoms with Gasteiger partial charge in [0, 0.05) is 18.5 Å². The number of benzene rings is 4. The number of fused-ring (bicyclic) bond motifs is 1. The summed E-state index contributed by atoms with van der Waals surface area (Å²) in [4.78, 5) is 13.6. The van der Waals surface area contributed by atoms with Gasteiger partial charge in [0.15, 0.2) is 0 Å². The molecule has 1 aliphatic carbocycles. The maximum Gasteiger partial charge on any atom is 0.211 e. The Morgan fingerprint density at radius 3 is 2.08 bits per heavy atom. The third-order valence-electron chi connectivity index (χ3n) is 8.12. The predicted octanol–water partition coefficient (Wildman–Crippen LogP) is 6.37. The fraction of sp³-hybridized carbons (Fsp3) is 0.286. The van der Waals surface area contributed by atoms with Crippen molar-refractivity contribution in [1.82, 2.24) is 4.90 Å². The molecule has 0 radical (unpaired) electrons. The fourth-order valence-electron chi connectivity index (χ4n) is 5.85. The van der Waals surface area contributed by atoms with Crippen LogP contribution in [0.2, 0.25) is 0 Å². The average molecular weight is 535 g/mol. The zero-order valence-electron chi connectivity index (χ0n) is 23.6. The molecule has 0 saturated carbocycles. The molecular formula is C35H38N2O3. The normalized spacial score (nSPS) is 14.5. The van der Waals surface area contributed by atoms with Crippen LogP contribution in [-0.2, 0) is 37.2 Å². The van der Waals surface area contributed by atoms with Gasteiger partial charge in [-0.2, -0.15) is 0 Å². The number of aliphatic hydroxyl groups excluding tert-OH is 1. The summed E-state index contributed by atoms with van der Waals surface area (Å²) in [5.74, 6) is 0.597. The molecular weight excluding hydrogens is 496 g/mol. The highest BCUT2D eigenvalue weighted by Crippen LogP contribution is 2.38. The second-order valence-corrected chi connectivity index (χ2v) is 11.2. The first-order valence-electron chi connectivity index (χ1n) is 13.9. The number of rotatable bonds is 11. The molecule has 1 amide bonds. The molecule has 4 aromatic carbocycles. The van der Waals surface area contributed by atoms with Crippen LogP contribution in [0.4, 0.5) is 5.69 Å². The summed E-state index contributed by atoms with van der Waals surface area (Å²) in [5, 5.41) is 14.6. The molecule has 5 nitrogen and oxygen atoms in total. The minimum absolute atomic E-state index is 0.236. The molecule has 0 heterocycles. The van der Waals surface area contributed by atoms with Gasteiger partial charge in [-0.05, 0) is 84.7 Å². The molecule has 0 unspecified atom stereocenters. The first kappa shape index (κ1) is 27.6. The topological polar surface area (TPSA) is 61.8 Å². The van der Waals surface area contributed by atoms with Crippen molar-refractivity contribution in [2.45, 2.75) is 65.0 Å². The molecule has 1 atom stereocenters. The molecule has 4 aromatic rings. The molecule has 0 aliphatic heterocycles. The number of hydrogen-bond donors (Lipinski definition) is 2. The molecule has 5 heteroatoms. The highest BCUT2D eigenvalue weighted by molar-refractivity contribution is 5.75. The minimum Gasteiger partial charge on any atom is -0.487 e. The highest BCUT2D eigenvalue weighted by Gasteiger charge is 2.41. The average Bonchev–Trinajstić information content (AvgIpc) is 3.28. The Balaban J connectivity index is 1.38. The molecule has 2 N–H and O–H groups in total. The maximum atomic E-state index is 11.8. The van der Waals surface area contributed by atoms with Crippen molar-refractivity contribution in [2.24, 2.45) is 0 Å². The smallest absolute Gasteiger partial charge is 0.211 e. The molecule has 0 aromatic heterocycles. The van der Waals surface area contributed by atoms with Gasteiger partial charge in [0.05, 0.1) is 5.69 Å². The molecule has 5 rings (SSSR count). The van der Waals surface area contributed by atoms with E-state index in [-0.39, 0.29) is 5.54 Å². The Hall–Kier alpha value is -3.93. The Morgan fingerprint density at radius 1 is 0.875 bits per heavy atom. The van der Waals surface area contributed by atoms with E-state index in [4.69, 9.17) is 4.74 Å². The molecule has 0 spiro atoms. The summed E-state index contributed by atoms with van der Waals surface area (Å²) in [7, 11) is 0. The number of carbonyl (C=O) groups is 1. The van der Waals surface area contributed by atoms with Crippen molar-refractivity contribution in [3.8, 4) is 5.75 Å². The van der Waals surface area contributed by atoms with Crippen LogP contribution in [0.15, 0.2) is 91.0 Å². The summed E-state index contributed by atoms with van der Waals surface area (Å²) < 4.78 is 6.02. The number of nitrogens with one attached hydrogen (secondary N) is 1. The molecule has 0 bridgehead atoms. The first-order valence-corrected chi connectivity index (χ1v) is 13.9. The number of anilines is 1. The zero-order valence-corrected chi connectivity index (χ0v) is 23.6. The number of ether oxygens (including phenoxy) is 1. The lowest BCUT2D eigenvalue weighted by Gasteiger charge is -2.42. The van der Waals surface area contributed by atoms with Gasteiger partial charge < -0.3 is 15.2 Å². The second kappa shape index (κ2) is 12.1. The van der Waals surface area contributed by atoms with Crippen molar-refractivity contribution in [2.75, 3.05) is 5.32 Å². The number of aliphatic hydroxyl groups is 1. The lowest BCUT2D eigenvalue weighted by molar-refractivity contribution is -0.105. The fourth-order valence-corrected chi connectivity index (χ4v) is 5.85. The number of nitrogens with zero attached hydrogens (tertiary/aromatic N) is 1. The van der Waals surface area contributed by atoms with Crippen molar-refractivity contribution in [3.63, 3.8) is 0 Å². The van der Waals surface area contributed by atoms with E-state index in [0.717, 1.165) is 24.0 Å². The van der Waals surface area contributed by atoms with E-state index in [1.165, 1.54) is 27.8 Å². The monoisotopic (exact) mass is 534 g/mol. The summed E-state index contributed by atoms with van der Waals surface area (Å²) in [6.07, 6.45) is 2.13. The molecule has 0 fully saturated rings. The third kappa shape index (κ3) is 6.27. The zero-order chi connectivity index (χ0) is 28.1. The number of hydrogen-bond acceptors (Lipinski definition) is 4. The van der Waals surface area contributed by atoms with Gasteiger partial charge in [-0.15, -0.1) is 0 Å². The molecule has 1 aliphatic rings. The van der Waals surface area contributed by atoms with Crippen LogP contribution in [0.3, 0.4) is 0 Å². The van der Waals surface area contributed by atoms with E-state index >= 15 is 0 Å². The van der Waals surface area contributed by atoms with E-state index in [9.17, 15) is 9.90 Å². The molecule has 40 heavy (non-hydrogen) atoms. The Kier molecular flexibility index (Phi) is 8.34. The predicted molar refractivity (Wildman–Crippen MR) is 160 cm³/mol. The largest absolute Gasteiger partial charge is 0.487 e. The van der Waals surface area contributed by atoms with Gasteiger partial charge in [-0.1, -0.05) is 78.9 Å². The van der Waals surface area contributed by atoms with Gasteiger partial charge in [0.25, 0.3) is 0 Å². The SMILES string of the molecule is Cc1cc2c(cc1C)CC(C)(N(Cc1ccccc1)[C@H](O)Cc1ccc(OCc3ccccc3)c(NC=O)c1)C2. The van der Waals surface area contributed by atoms with E-state index in [1.54, 1.807) is 0 Å². The lowest BCUT2D eigenvalue weighted by atomic mass is 9.93. The van der Waals surface area contributed by atoms with Gasteiger partial charge in [0.2, 0.25) is 6.41 Å². The van der Waals surface area contributed by atoms with Crippen LogP contribution < -0.4 is 10.1 Å². The number of amides is 1. The van der Waals surface area contributed by atoms with E-state index in [0.29, 0.717) is 37.4 Å². The minimum atomic E-state index is -0.720. The van der Waals surface area contributed by atoms with E-state index in [2.05, 4.69) is 55.3 Å². The van der Waals surface area contributed by atoms with Crippen LogP contribution in [0, 0.1) is 13.8 Å². The standard InChI is InChI=1S/C35H38N2O3/c1-25-16-30-20-35(3,21-31(30)17-26(25)2)37(22-27-10-6-4-7-11-27)34(39)19-29-14-15-33(32(18-29)36-24-38)40-23-28-12-8-5-9-13-28/h4-18,24,34,39H,19-23H2,1-3H3,(H,36,38)/t34-/m1/s1. The van der Waals surface area contributed by atoms with Crippen LogP contribution >= 0.6 is 0 Å². The first-order chi connectivity index (χ1) is 19.3. The summed E-state index contributed by atoms with van der Waals surface area (Å²) in [6, 6.07) is 30.6. The quantitative estimate of drug-likeness (QED) is 0.173. The third-order valence-corrected chi connectivity index (χ3v) is 8.12. The van der Waals surface area contributed by atoms with Crippen LogP contribution in [-0.4, -0.2) is 28.2 Å². The summed E-state index contributed by atoms with van der Waals surface area (Å²) >= 11 is 0. The Labute approximate surface area is 237 Å². The van der Waals surface area contributed by atoms with Crippen molar-refractivity contribution in [1.29, 1.82) is 0 Å². The van der Waals surface area contributed by atoms with Gasteiger partial charge in [-0.3, -0.25) is 9.69 Å². The Morgan fingerprint density at radius 2 is 1.48 bits per heavy atom. The molecule has 0 saturated heterocycles. The summed E-state index contributed by atoms with van der Waals surface area (Å²) in [6.45, 7) is 7.64. The van der Waals surface area contributed by atoms with Crippen LogP contribution in [0.1, 0.15) is 45.9 Å². The van der Waals surface area contributed by atoms with Crippen LogP contribution in [0.5, 0.6) is 5.75 Å². The summed E-state index contributed by atoms with van der Waals surface area (Å²) in [5.41, 5.74) is 8.85. The van der Waals surface area contributed by atoms with E-state index in [1.807, 2.05) is 66.7 Å². The van der Waals surface area contributed by atoms with Gasteiger partial charge in [-0.25, -0.2) is 0 Å². The van der Waals surface area contributed by atoms with Crippen LogP contribution in [0.25, 0.3) is 0 Å². The number of carbonyl (C=O) groups excluding carboxylic acids is 1. The second-order valence-electron chi connectivity index (χ2n) is 11.2. The van der Waals surface area contributed by atoms with E-state index < -0.39 is 6.23 Å². The maximum absolute atomic E-state index is 11.8. The number of aryl methyl sites for hydroxylation is 2. The van der Waals surface area contributed by atoms with Crippen molar-refractivity contribution >= 4 is 12.1 Å².